The number of sulfonamides is 1. The van der Waals surface area contributed by atoms with E-state index in [0.29, 0.717) is 23.7 Å². The van der Waals surface area contributed by atoms with Crippen LogP contribution < -0.4 is 4.90 Å². The van der Waals surface area contributed by atoms with Gasteiger partial charge < -0.3 is 0 Å². The fourth-order valence-corrected chi connectivity index (χ4v) is 6.30. The first-order valence-corrected chi connectivity index (χ1v) is 11.6. The van der Waals surface area contributed by atoms with Crippen LogP contribution in [0.1, 0.15) is 30.2 Å². The first-order valence-electron chi connectivity index (χ1n) is 9.16. The number of thioether (sulfide) groups is 1. The molecule has 0 N–H and O–H groups in total. The average molecular weight is 403 g/mol. The highest BCUT2D eigenvalue weighted by Crippen LogP contribution is 2.41. The SMILES string of the molecule is O=C1CSC(c2ccccc2)N1c1ccc(S(=O)(=O)N2CCCCC2)cc1. The normalized spacial score (nSPS) is 21.6. The number of rotatable bonds is 4. The van der Waals surface area contributed by atoms with E-state index in [0.717, 1.165) is 30.5 Å². The molecule has 0 saturated carbocycles. The number of carbonyl (C=O) groups excluding carboxylic acids is 1. The molecule has 5 nitrogen and oxygen atoms in total. The zero-order valence-electron chi connectivity index (χ0n) is 15.0. The van der Waals surface area contributed by atoms with Crippen molar-refractivity contribution in [2.75, 3.05) is 23.7 Å². The summed E-state index contributed by atoms with van der Waals surface area (Å²) in [5.74, 6) is 0.466. The highest BCUT2D eigenvalue weighted by molar-refractivity contribution is 8.00. The number of hydrogen-bond acceptors (Lipinski definition) is 4. The second-order valence-corrected chi connectivity index (χ2v) is 9.80. The fourth-order valence-electron chi connectivity index (χ4n) is 3.60. The molecule has 1 atom stereocenters. The Kier molecular flexibility index (Phi) is 5.25. The van der Waals surface area contributed by atoms with Crippen molar-refractivity contribution in [3.8, 4) is 0 Å². The van der Waals surface area contributed by atoms with Crippen molar-refractivity contribution in [1.29, 1.82) is 0 Å². The van der Waals surface area contributed by atoms with E-state index in [2.05, 4.69) is 0 Å². The quantitative estimate of drug-likeness (QED) is 0.783. The number of anilines is 1. The molecule has 27 heavy (non-hydrogen) atoms. The molecule has 142 valence electrons. The van der Waals surface area contributed by atoms with E-state index >= 15 is 0 Å². The molecule has 4 rings (SSSR count). The Balaban J connectivity index is 1.60. The van der Waals surface area contributed by atoms with Gasteiger partial charge in [-0.05, 0) is 42.7 Å². The van der Waals surface area contributed by atoms with Gasteiger partial charge in [-0.2, -0.15) is 4.31 Å². The Labute approximate surface area is 164 Å². The van der Waals surface area contributed by atoms with Crippen LogP contribution in [0.4, 0.5) is 5.69 Å². The van der Waals surface area contributed by atoms with Crippen LogP contribution in [0.3, 0.4) is 0 Å². The summed E-state index contributed by atoms with van der Waals surface area (Å²) in [5.41, 5.74) is 1.80. The summed E-state index contributed by atoms with van der Waals surface area (Å²) < 4.78 is 27.2. The summed E-state index contributed by atoms with van der Waals surface area (Å²) in [6.45, 7) is 1.17. The lowest BCUT2D eigenvalue weighted by Crippen LogP contribution is -2.35. The first kappa shape index (κ1) is 18.5. The molecule has 0 spiro atoms. The molecular formula is C20H22N2O3S2. The van der Waals surface area contributed by atoms with Crippen molar-refractivity contribution in [3.05, 3.63) is 60.2 Å². The van der Waals surface area contributed by atoms with Gasteiger partial charge in [0.25, 0.3) is 0 Å². The van der Waals surface area contributed by atoms with Crippen LogP contribution >= 0.6 is 11.8 Å². The molecule has 2 aliphatic heterocycles. The Morgan fingerprint density at radius 1 is 0.889 bits per heavy atom. The van der Waals surface area contributed by atoms with E-state index < -0.39 is 10.0 Å². The zero-order valence-corrected chi connectivity index (χ0v) is 16.6. The number of hydrogen-bond donors (Lipinski definition) is 0. The maximum Gasteiger partial charge on any atom is 0.243 e. The standard InChI is InChI=1S/C20H22N2O3S2/c23-19-15-26-20(16-7-3-1-4-8-16)22(19)17-9-11-18(12-10-17)27(24,25)21-13-5-2-6-14-21/h1,3-4,7-12,20H,2,5-6,13-15H2. The molecule has 2 aromatic rings. The third-order valence-corrected chi connectivity index (χ3v) is 8.15. The van der Waals surface area contributed by atoms with Gasteiger partial charge in [-0.1, -0.05) is 36.8 Å². The number of benzene rings is 2. The predicted molar refractivity (Wildman–Crippen MR) is 108 cm³/mol. The van der Waals surface area contributed by atoms with Crippen molar-refractivity contribution in [2.24, 2.45) is 0 Å². The molecule has 0 aromatic heterocycles. The Hall–Kier alpha value is -1.83. The van der Waals surface area contributed by atoms with Crippen molar-refractivity contribution >= 4 is 33.4 Å². The monoisotopic (exact) mass is 402 g/mol. The van der Waals surface area contributed by atoms with Gasteiger partial charge in [-0.25, -0.2) is 8.42 Å². The van der Waals surface area contributed by atoms with Crippen LogP contribution in [-0.2, 0) is 14.8 Å². The molecule has 1 amide bonds. The van der Waals surface area contributed by atoms with E-state index in [9.17, 15) is 13.2 Å². The van der Waals surface area contributed by atoms with Gasteiger partial charge >= 0.3 is 0 Å². The van der Waals surface area contributed by atoms with Crippen LogP contribution in [0.15, 0.2) is 59.5 Å². The molecule has 0 bridgehead atoms. The highest BCUT2D eigenvalue weighted by atomic mass is 32.2. The molecule has 2 aromatic carbocycles. The molecule has 2 heterocycles. The summed E-state index contributed by atoms with van der Waals surface area (Å²) in [5, 5.41) is -0.0803. The molecule has 7 heteroatoms. The summed E-state index contributed by atoms with van der Waals surface area (Å²) in [6, 6.07) is 16.6. The molecule has 0 aliphatic carbocycles. The Morgan fingerprint density at radius 3 is 2.22 bits per heavy atom. The lowest BCUT2D eigenvalue weighted by atomic mass is 10.2. The second-order valence-electron chi connectivity index (χ2n) is 6.80. The van der Waals surface area contributed by atoms with Crippen LogP contribution in [0, 0.1) is 0 Å². The van der Waals surface area contributed by atoms with Gasteiger partial charge in [-0.3, -0.25) is 9.69 Å². The van der Waals surface area contributed by atoms with Crippen LogP contribution in [0.25, 0.3) is 0 Å². The molecule has 2 fully saturated rings. The lowest BCUT2D eigenvalue weighted by Gasteiger charge is -2.27. The maximum absolute atomic E-state index is 12.8. The highest BCUT2D eigenvalue weighted by Gasteiger charge is 2.34. The van der Waals surface area contributed by atoms with E-state index in [1.165, 1.54) is 0 Å². The zero-order chi connectivity index (χ0) is 18.9. The predicted octanol–water partition coefficient (Wildman–Crippen LogP) is 3.64. The van der Waals surface area contributed by atoms with Gasteiger partial charge in [0, 0.05) is 18.8 Å². The van der Waals surface area contributed by atoms with E-state index in [1.54, 1.807) is 45.2 Å². The molecular weight excluding hydrogens is 380 g/mol. The smallest absolute Gasteiger partial charge is 0.243 e. The lowest BCUT2D eigenvalue weighted by molar-refractivity contribution is -0.115. The van der Waals surface area contributed by atoms with Gasteiger partial charge in [-0.15, -0.1) is 11.8 Å². The minimum atomic E-state index is -3.46. The second kappa shape index (κ2) is 7.66. The number of carbonyl (C=O) groups is 1. The number of piperidine rings is 1. The minimum absolute atomic E-state index is 0.0421. The maximum atomic E-state index is 12.8. The average Bonchev–Trinajstić information content (AvgIpc) is 3.11. The summed E-state index contributed by atoms with van der Waals surface area (Å²) in [7, 11) is -3.46. The summed E-state index contributed by atoms with van der Waals surface area (Å²) in [4.78, 5) is 14.5. The van der Waals surface area contributed by atoms with Gasteiger partial charge in [0.15, 0.2) is 0 Å². The van der Waals surface area contributed by atoms with Gasteiger partial charge in [0.05, 0.1) is 10.6 Å². The number of amides is 1. The van der Waals surface area contributed by atoms with Crippen molar-refractivity contribution in [3.63, 3.8) is 0 Å². The molecule has 1 unspecified atom stereocenters. The van der Waals surface area contributed by atoms with E-state index in [4.69, 9.17) is 0 Å². The minimum Gasteiger partial charge on any atom is -0.295 e. The van der Waals surface area contributed by atoms with E-state index in [1.807, 2.05) is 30.3 Å². The molecule has 2 aliphatic rings. The third-order valence-electron chi connectivity index (χ3n) is 5.02. The van der Waals surface area contributed by atoms with Gasteiger partial charge in [0.1, 0.15) is 5.37 Å². The van der Waals surface area contributed by atoms with Crippen LogP contribution in [-0.4, -0.2) is 37.5 Å². The largest absolute Gasteiger partial charge is 0.295 e. The fraction of sp³-hybridized carbons (Fsp3) is 0.350. The summed E-state index contributed by atoms with van der Waals surface area (Å²) >= 11 is 1.59. The van der Waals surface area contributed by atoms with Gasteiger partial charge in [0.2, 0.25) is 15.9 Å². The Bertz CT molecular complexity index is 908. The van der Waals surface area contributed by atoms with Crippen LogP contribution in [0.5, 0.6) is 0 Å². The molecule has 0 radical (unpaired) electrons. The van der Waals surface area contributed by atoms with Crippen LogP contribution in [0.2, 0.25) is 0 Å². The van der Waals surface area contributed by atoms with E-state index in [-0.39, 0.29) is 11.3 Å². The number of nitrogens with zero attached hydrogens (tertiary/aromatic N) is 2. The first-order chi connectivity index (χ1) is 13.1. The Morgan fingerprint density at radius 2 is 1.56 bits per heavy atom. The van der Waals surface area contributed by atoms with Crippen molar-refractivity contribution < 1.29 is 13.2 Å². The van der Waals surface area contributed by atoms with Crippen molar-refractivity contribution in [2.45, 2.75) is 29.5 Å². The topological polar surface area (TPSA) is 57.7 Å². The summed E-state index contributed by atoms with van der Waals surface area (Å²) in [6.07, 6.45) is 2.91. The molecule has 2 saturated heterocycles. The van der Waals surface area contributed by atoms with Crippen molar-refractivity contribution in [1.82, 2.24) is 4.31 Å². The third kappa shape index (κ3) is 3.63.